The number of furan rings is 1. The topological polar surface area (TPSA) is 62.5 Å². The van der Waals surface area contributed by atoms with Gasteiger partial charge in [-0.05, 0) is 25.8 Å². The zero-order valence-corrected chi connectivity index (χ0v) is 9.28. The molecule has 2 N–H and O–H groups in total. The summed E-state index contributed by atoms with van der Waals surface area (Å²) in [5.74, 6) is 0.140. The van der Waals surface area contributed by atoms with Gasteiger partial charge in [0.15, 0.2) is 5.76 Å². The van der Waals surface area contributed by atoms with Crippen molar-refractivity contribution < 1.29 is 14.3 Å². The maximum Gasteiger partial charge on any atom is 0.287 e. The summed E-state index contributed by atoms with van der Waals surface area (Å²) in [6.45, 7) is 5.61. The molecule has 0 aliphatic rings. The third kappa shape index (κ3) is 2.83. The molecular formula is C11H17NO3. The van der Waals surface area contributed by atoms with Crippen molar-refractivity contribution in [3.8, 4) is 0 Å². The molecule has 2 unspecified atom stereocenters. The Morgan fingerprint density at radius 1 is 1.60 bits per heavy atom. The van der Waals surface area contributed by atoms with Crippen LogP contribution in [0.2, 0.25) is 0 Å². The summed E-state index contributed by atoms with van der Waals surface area (Å²) in [5.41, 5.74) is 0.816. The summed E-state index contributed by atoms with van der Waals surface area (Å²) >= 11 is 0. The summed E-state index contributed by atoms with van der Waals surface area (Å²) in [7, 11) is 0. The molecule has 0 saturated heterocycles. The number of aliphatic hydroxyl groups excluding tert-OH is 1. The predicted molar refractivity (Wildman–Crippen MR) is 56.6 cm³/mol. The molecule has 1 heterocycles. The van der Waals surface area contributed by atoms with Gasteiger partial charge in [0.05, 0.1) is 6.26 Å². The number of hydrogen-bond acceptors (Lipinski definition) is 3. The SMILES string of the molecule is Cc1ccoc1C(=O)NC(C)C(C)CO. The molecule has 0 spiro atoms. The van der Waals surface area contributed by atoms with Gasteiger partial charge in [-0.15, -0.1) is 0 Å². The number of carbonyl (C=O) groups excluding carboxylic acids is 1. The van der Waals surface area contributed by atoms with Crippen LogP contribution in [0.5, 0.6) is 0 Å². The predicted octanol–water partition coefficient (Wildman–Crippen LogP) is 1.33. The molecule has 1 aromatic rings. The van der Waals surface area contributed by atoms with Crippen LogP contribution in [0.3, 0.4) is 0 Å². The van der Waals surface area contributed by atoms with Crippen molar-refractivity contribution in [1.82, 2.24) is 5.32 Å². The van der Waals surface area contributed by atoms with Crippen molar-refractivity contribution in [2.45, 2.75) is 26.8 Å². The van der Waals surface area contributed by atoms with Gasteiger partial charge in [-0.1, -0.05) is 6.92 Å². The van der Waals surface area contributed by atoms with E-state index >= 15 is 0 Å². The number of amides is 1. The number of aryl methyl sites for hydroxylation is 1. The lowest BCUT2D eigenvalue weighted by atomic mass is 10.1. The second kappa shape index (κ2) is 4.98. The average molecular weight is 211 g/mol. The molecule has 0 fully saturated rings. The average Bonchev–Trinajstić information content (AvgIpc) is 2.63. The minimum atomic E-state index is -0.231. The van der Waals surface area contributed by atoms with Crippen LogP contribution < -0.4 is 5.32 Å². The van der Waals surface area contributed by atoms with E-state index < -0.39 is 0 Å². The van der Waals surface area contributed by atoms with Crippen LogP contribution in [0.25, 0.3) is 0 Å². The van der Waals surface area contributed by atoms with Crippen LogP contribution in [0, 0.1) is 12.8 Å². The van der Waals surface area contributed by atoms with E-state index in [2.05, 4.69) is 5.32 Å². The van der Waals surface area contributed by atoms with E-state index in [0.29, 0.717) is 5.76 Å². The number of nitrogens with one attached hydrogen (secondary N) is 1. The lowest BCUT2D eigenvalue weighted by molar-refractivity contribution is 0.0887. The largest absolute Gasteiger partial charge is 0.459 e. The summed E-state index contributed by atoms with van der Waals surface area (Å²) in [6.07, 6.45) is 1.49. The molecule has 1 rings (SSSR count). The lowest BCUT2D eigenvalue weighted by Crippen LogP contribution is -2.38. The molecular weight excluding hydrogens is 194 g/mol. The molecule has 4 heteroatoms. The highest BCUT2D eigenvalue weighted by atomic mass is 16.3. The molecule has 1 amide bonds. The Hall–Kier alpha value is -1.29. The Bertz CT molecular complexity index is 332. The Morgan fingerprint density at radius 2 is 2.27 bits per heavy atom. The number of carbonyl (C=O) groups is 1. The molecule has 0 aromatic carbocycles. The van der Waals surface area contributed by atoms with E-state index in [4.69, 9.17) is 9.52 Å². The first-order chi connectivity index (χ1) is 7.06. The number of hydrogen-bond donors (Lipinski definition) is 2. The maximum absolute atomic E-state index is 11.7. The first kappa shape index (κ1) is 11.8. The maximum atomic E-state index is 11.7. The molecule has 0 radical (unpaired) electrons. The summed E-state index contributed by atoms with van der Waals surface area (Å²) < 4.78 is 5.07. The molecule has 0 bridgehead atoms. The van der Waals surface area contributed by atoms with Gasteiger partial charge in [0.25, 0.3) is 5.91 Å². The van der Waals surface area contributed by atoms with Gasteiger partial charge in [-0.25, -0.2) is 0 Å². The van der Waals surface area contributed by atoms with Gasteiger partial charge in [0.2, 0.25) is 0 Å². The smallest absolute Gasteiger partial charge is 0.287 e. The quantitative estimate of drug-likeness (QED) is 0.789. The Balaban J connectivity index is 2.60. The van der Waals surface area contributed by atoms with E-state index in [1.54, 1.807) is 6.07 Å². The van der Waals surface area contributed by atoms with Gasteiger partial charge in [-0.2, -0.15) is 0 Å². The Kier molecular flexibility index (Phi) is 3.91. The molecule has 1 aromatic heterocycles. The van der Waals surface area contributed by atoms with Gasteiger partial charge < -0.3 is 14.8 Å². The van der Waals surface area contributed by atoms with Crippen molar-refractivity contribution in [2.24, 2.45) is 5.92 Å². The zero-order valence-electron chi connectivity index (χ0n) is 9.28. The van der Waals surface area contributed by atoms with Crippen LogP contribution in [-0.4, -0.2) is 23.7 Å². The van der Waals surface area contributed by atoms with E-state index in [-0.39, 0.29) is 24.5 Å². The molecule has 4 nitrogen and oxygen atoms in total. The summed E-state index contributed by atoms with van der Waals surface area (Å²) in [5, 5.41) is 11.7. The van der Waals surface area contributed by atoms with Crippen LogP contribution in [-0.2, 0) is 0 Å². The van der Waals surface area contributed by atoms with Crippen LogP contribution in [0.4, 0.5) is 0 Å². The second-order valence-corrected chi connectivity index (χ2v) is 3.85. The zero-order chi connectivity index (χ0) is 11.4. The van der Waals surface area contributed by atoms with Gasteiger partial charge in [0.1, 0.15) is 0 Å². The van der Waals surface area contributed by atoms with Crippen LogP contribution in [0.1, 0.15) is 30.0 Å². The van der Waals surface area contributed by atoms with E-state index in [9.17, 15) is 4.79 Å². The fourth-order valence-corrected chi connectivity index (χ4v) is 1.18. The minimum absolute atomic E-state index is 0.0317. The van der Waals surface area contributed by atoms with E-state index in [1.165, 1.54) is 6.26 Å². The van der Waals surface area contributed by atoms with Crippen molar-refractivity contribution in [3.05, 3.63) is 23.7 Å². The van der Waals surface area contributed by atoms with Crippen molar-refractivity contribution in [3.63, 3.8) is 0 Å². The van der Waals surface area contributed by atoms with Gasteiger partial charge >= 0.3 is 0 Å². The van der Waals surface area contributed by atoms with Crippen LogP contribution >= 0.6 is 0 Å². The van der Waals surface area contributed by atoms with Crippen molar-refractivity contribution in [2.75, 3.05) is 6.61 Å². The van der Waals surface area contributed by atoms with Crippen molar-refractivity contribution >= 4 is 5.91 Å². The fraction of sp³-hybridized carbons (Fsp3) is 0.545. The standard InChI is InChI=1S/C11H17NO3/c1-7-4-5-15-10(7)11(14)12-9(3)8(2)6-13/h4-5,8-9,13H,6H2,1-3H3,(H,12,14). The highest BCUT2D eigenvalue weighted by Gasteiger charge is 2.18. The molecule has 0 saturated carbocycles. The molecule has 2 atom stereocenters. The van der Waals surface area contributed by atoms with E-state index in [0.717, 1.165) is 5.56 Å². The first-order valence-electron chi connectivity index (χ1n) is 5.02. The summed E-state index contributed by atoms with van der Waals surface area (Å²) in [4.78, 5) is 11.7. The highest BCUT2D eigenvalue weighted by Crippen LogP contribution is 2.09. The third-order valence-corrected chi connectivity index (χ3v) is 2.57. The second-order valence-electron chi connectivity index (χ2n) is 3.85. The number of rotatable bonds is 4. The molecule has 0 aliphatic heterocycles. The van der Waals surface area contributed by atoms with Gasteiger partial charge in [-0.3, -0.25) is 4.79 Å². The minimum Gasteiger partial charge on any atom is -0.459 e. The monoisotopic (exact) mass is 211 g/mol. The number of aliphatic hydroxyl groups is 1. The highest BCUT2D eigenvalue weighted by molar-refractivity contribution is 5.92. The third-order valence-electron chi connectivity index (χ3n) is 2.57. The molecule has 15 heavy (non-hydrogen) atoms. The Morgan fingerprint density at radius 3 is 2.73 bits per heavy atom. The van der Waals surface area contributed by atoms with Gasteiger partial charge in [0, 0.05) is 18.2 Å². The normalized spacial score (nSPS) is 14.7. The summed E-state index contributed by atoms with van der Waals surface area (Å²) in [6, 6.07) is 1.67. The Labute approximate surface area is 89.3 Å². The van der Waals surface area contributed by atoms with E-state index in [1.807, 2.05) is 20.8 Å². The first-order valence-corrected chi connectivity index (χ1v) is 5.02. The molecule has 0 aliphatic carbocycles. The van der Waals surface area contributed by atoms with Crippen molar-refractivity contribution in [1.29, 1.82) is 0 Å². The van der Waals surface area contributed by atoms with Crippen LogP contribution in [0.15, 0.2) is 16.7 Å². The fourth-order valence-electron chi connectivity index (χ4n) is 1.18. The molecule has 84 valence electrons. The lowest BCUT2D eigenvalue weighted by Gasteiger charge is -2.18.